The third kappa shape index (κ3) is 5.89. The van der Waals surface area contributed by atoms with Crippen LogP contribution in [0.5, 0.6) is 0 Å². The molecule has 5 aromatic rings. The number of rotatable bonds is 7. The maximum atomic E-state index is 15.4. The number of anilines is 1. The Bertz CT molecular complexity index is 1850. The van der Waals surface area contributed by atoms with Crippen molar-refractivity contribution in [1.82, 2.24) is 24.8 Å². The number of piperidine rings is 1. The van der Waals surface area contributed by atoms with Gasteiger partial charge in [-0.25, -0.2) is 24.3 Å². The Labute approximate surface area is 248 Å². The smallest absolute Gasteiger partial charge is 0.270 e. The van der Waals surface area contributed by atoms with E-state index < -0.39 is 17.4 Å². The quantitative estimate of drug-likeness (QED) is 0.270. The van der Waals surface area contributed by atoms with Crippen LogP contribution in [0.15, 0.2) is 72.9 Å². The van der Waals surface area contributed by atoms with Crippen molar-refractivity contribution >= 4 is 22.6 Å². The van der Waals surface area contributed by atoms with Gasteiger partial charge in [0.25, 0.3) is 5.91 Å². The molecule has 0 saturated carbocycles. The predicted octanol–water partition coefficient (Wildman–Crippen LogP) is 5.25. The maximum absolute atomic E-state index is 15.4. The van der Waals surface area contributed by atoms with Gasteiger partial charge in [0.05, 0.1) is 5.69 Å². The number of aryl methyl sites for hydroxylation is 1. The molecule has 2 aromatic carbocycles. The minimum atomic E-state index is -0.927. The standard InChI is InChI=1S/C33H29FN8O/c1-20-25-17-26(22-5-3-2-4-6-22)30(41-31(25)29(34)32(38-20)33(36)43)23-9-7-21(8-10-23)19-42-15-12-24(13-16-42)39-27-11-14-37-28(18-35)40-27/h2-11,14,17,24H,12-13,15-16,19H2,1H3,(H2,36,43)(H,37,39,40). The van der Waals surface area contributed by atoms with E-state index in [0.717, 1.165) is 54.7 Å². The Morgan fingerprint density at radius 3 is 2.49 bits per heavy atom. The molecule has 1 aliphatic heterocycles. The van der Waals surface area contributed by atoms with Gasteiger partial charge in [0.2, 0.25) is 5.82 Å². The lowest BCUT2D eigenvalue weighted by atomic mass is 9.96. The summed E-state index contributed by atoms with van der Waals surface area (Å²) in [5, 5.41) is 13.0. The fraction of sp³-hybridized carbons (Fsp3) is 0.212. The van der Waals surface area contributed by atoms with Gasteiger partial charge in [-0.2, -0.15) is 5.26 Å². The number of fused-ring (bicyclic) bond motifs is 1. The summed E-state index contributed by atoms with van der Waals surface area (Å²) in [6, 6.07) is 23.9. The van der Waals surface area contributed by atoms with Crippen LogP contribution in [0, 0.1) is 24.1 Å². The van der Waals surface area contributed by atoms with E-state index in [9.17, 15) is 4.79 Å². The molecular weight excluding hydrogens is 543 g/mol. The van der Waals surface area contributed by atoms with Crippen LogP contribution in [0.2, 0.25) is 0 Å². The molecule has 0 radical (unpaired) electrons. The fourth-order valence-corrected chi connectivity index (χ4v) is 5.53. The lowest BCUT2D eigenvalue weighted by Crippen LogP contribution is -2.38. The number of nitrogens with zero attached hydrogens (tertiary/aromatic N) is 6. The molecule has 3 N–H and O–H groups in total. The van der Waals surface area contributed by atoms with Gasteiger partial charge in [0, 0.05) is 54.1 Å². The van der Waals surface area contributed by atoms with Gasteiger partial charge in [0.1, 0.15) is 17.4 Å². The largest absolute Gasteiger partial charge is 0.367 e. The summed E-state index contributed by atoms with van der Waals surface area (Å²) in [6.45, 7) is 4.37. The zero-order valence-electron chi connectivity index (χ0n) is 23.6. The average Bonchev–Trinajstić information content (AvgIpc) is 3.04. The number of carbonyl (C=O) groups is 1. The number of hydrogen-bond donors (Lipinski definition) is 2. The monoisotopic (exact) mass is 572 g/mol. The zero-order valence-corrected chi connectivity index (χ0v) is 23.6. The van der Waals surface area contributed by atoms with Crippen LogP contribution in [-0.4, -0.2) is 49.9 Å². The highest BCUT2D eigenvalue weighted by Gasteiger charge is 2.22. The number of amides is 1. The molecule has 9 nitrogen and oxygen atoms in total. The number of nitrogens with one attached hydrogen (secondary N) is 1. The summed E-state index contributed by atoms with van der Waals surface area (Å²) in [4.78, 5) is 31.3. The second-order valence-corrected chi connectivity index (χ2v) is 10.6. The Hall–Kier alpha value is -5.27. The number of likely N-dealkylation sites (tertiary alicyclic amines) is 1. The number of pyridine rings is 2. The number of aromatic nitrogens is 4. The lowest BCUT2D eigenvalue weighted by Gasteiger charge is -2.32. The first-order chi connectivity index (χ1) is 20.9. The van der Waals surface area contributed by atoms with E-state index in [1.165, 1.54) is 0 Å². The third-order valence-corrected chi connectivity index (χ3v) is 7.75. The minimum Gasteiger partial charge on any atom is -0.367 e. The molecule has 1 fully saturated rings. The van der Waals surface area contributed by atoms with E-state index in [2.05, 4.69) is 37.3 Å². The van der Waals surface area contributed by atoms with E-state index in [4.69, 9.17) is 16.0 Å². The van der Waals surface area contributed by atoms with Crippen molar-refractivity contribution in [3.05, 3.63) is 102 Å². The number of carbonyl (C=O) groups excluding carboxylic acids is 1. The van der Waals surface area contributed by atoms with Crippen LogP contribution >= 0.6 is 0 Å². The molecule has 1 aliphatic rings. The van der Waals surface area contributed by atoms with E-state index >= 15 is 4.39 Å². The van der Waals surface area contributed by atoms with Crippen LogP contribution in [-0.2, 0) is 6.54 Å². The Morgan fingerprint density at radius 1 is 1.05 bits per heavy atom. The predicted molar refractivity (Wildman–Crippen MR) is 162 cm³/mol. The number of nitriles is 1. The molecular formula is C33H29FN8O. The first-order valence-electron chi connectivity index (χ1n) is 14.1. The average molecular weight is 573 g/mol. The van der Waals surface area contributed by atoms with E-state index in [1.807, 2.05) is 54.6 Å². The van der Waals surface area contributed by atoms with E-state index in [0.29, 0.717) is 22.6 Å². The molecule has 214 valence electrons. The molecule has 0 bridgehead atoms. The summed E-state index contributed by atoms with van der Waals surface area (Å²) in [7, 11) is 0. The summed E-state index contributed by atoms with van der Waals surface area (Å²) < 4.78 is 15.4. The Kier molecular flexibility index (Phi) is 7.73. The van der Waals surface area contributed by atoms with Gasteiger partial charge in [-0.05, 0) is 43.0 Å². The molecule has 3 aromatic heterocycles. The van der Waals surface area contributed by atoms with Crippen molar-refractivity contribution in [3.63, 3.8) is 0 Å². The van der Waals surface area contributed by atoms with Crippen LogP contribution in [0.1, 0.15) is 40.4 Å². The van der Waals surface area contributed by atoms with Crippen molar-refractivity contribution in [2.75, 3.05) is 18.4 Å². The van der Waals surface area contributed by atoms with Gasteiger partial charge < -0.3 is 11.1 Å². The molecule has 0 unspecified atom stereocenters. The van der Waals surface area contributed by atoms with Crippen molar-refractivity contribution in [1.29, 1.82) is 5.26 Å². The zero-order chi connectivity index (χ0) is 29.9. The molecule has 1 saturated heterocycles. The summed E-state index contributed by atoms with van der Waals surface area (Å²) in [6.07, 6.45) is 3.51. The summed E-state index contributed by atoms with van der Waals surface area (Å²) >= 11 is 0. The second kappa shape index (κ2) is 11.9. The Morgan fingerprint density at radius 2 is 1.79 bits per heavy atom. The Balaban J connectivity index is 1.23. The van der Waals surface area contributed by atoms with E-state index in [-0.39, 0.29) is 17.4 Å². The van der Waals surface area contributed by atoms with Gasteiger partial charge in [0.15, 0.2) is 11.5 Å². The fourth-order valence-electron chi connectivity index (χ4n) is 5.53. The van der Waals surface area contributed by atoms with Gasteiger partial charge in [-0.15, -0.1) is 0 Å². The first kappa shape index (κ1) is 27.9. The molecule has 43 heavy (non-hydrogen) atoms. The first-order valence-corrected chi connectivity index (χ1v) is 14.1. The molecule has 0 aliphatic carbocycles. The number of primary amides is 1. The minimum absolute atomic E-state index is 0.0716. The van der Waals surface area contributed by atoms with Crippen LogP contribution in [0.4, 0.5) is 10.2 Å². The van der Waals surface area contributed by atoms with E-state index in [1.54, 1.807) is 19.2 Å². The van der Waals surface area contributed by atoms with Gasteiger partial charge in [-0.1, -0.05) is 54.6 Å². The van der Waals surface area contributed by atoms with Crippen molar-refractivity contribution in [3.8, 4) is 28.5 Å². The van der Waals surface area contributed by atoms with Crippen LogP contribution in [0.25, 0.3) is 33.3 Å². The highest BCUT2D eigenvalue weighted by molar-refractivity contribution is 5.98. The maximum Gasteiger partial charge on any atom is 0.270 e. The topological polar surface area (TPSA) is 134 Å². The lowest BCUT2D eigenvalue weighted by molar-refractivity contribution is 0.0991. The molecule has 0 spiro atoms. The summed E-state index contributed by atoms with van der Waals surface area (Å²) in [5.74, 6) is -0.902. The third-order valence-electron chi connectivity index (χ3n) is 7.75. The van der Waals surface area contributed by atoms with Crippen molar-refractivity contribution in [2.24, 2.45) is 5.73 Å². The van der Waals surface area contributed by atoms with Crippen molar-refractivity contribution < 1.29 is 9.18 Å². The van der Waals surface area contributed by atoms with Gasteiger partial charge in [-0.3, -0.25) is 9.69 Å². The summed E-state index contributed by atoms with van der Waals surface area (Å²) in [5.41, 5.74) is 9.94. The highest BCUT2D eigenvalue weighted by Crippen LogP contribution is 2.35. The molecule has 0 atom stereocenters. The number of benzene rings is 2. The van der Waals surface area contributed by atoms with Crippen LogP contribution < -0.4 is 11.1 Å². The van der Waals surface area contributed by atoms with Crippen LogP contribution in [0.3, 0.4) is 0 Å². The molecule has 4 heterocycles. The second-order valence-electron chi connectivity index (χ2n) is 10.6. The molecule has 1 amide bonds. The number of halogens is 1. The number of hydrogen-bond acceptors (Lipinski definition) is 8. The molecule has 10 heteroatoms. The van der Waals surface area contributed by atoms with Crippen molar-refractivity contribution in [2.45, 2.75) is 32.4 Å². The highest BCUT2D eigenvalue weighted by atomic mass is 19.1. The SMILES string of the molecule is Cc1nc(C(N)=O)c(F)c2nc(-c3ccc(CN4CCC(Nc5ccnc(C#N)n5)CC4)cc3)c(-c3ccccc3)cc12. The molecule has 6 rings (SSSR count). The normalized spacial score (nSPS) is 14.0. The van der Waals surface area contributed by atoms with Gasteiger partial charge >= 0.3 is 0 Å². The number of nitrogens with two attached hydrogens (primary N) is 1.